The summed E-state index contributed by atoms with van der Waals surface area (Å²) in [6.45, 7) is 10.9. The second kappa shape index (κ2) is 6.79. The van der Waals surface area contributed by atoms with E-state index in [2.05, 4.69) is 41.8 Å². The number of halogens is 1. The lowest BCUT2D eigenvalue weighted by Crippen LogP contribution is -2.49. The summed E-state index contributed by atoms with van der Waals surface area (Å²) in [5.74, 6) is 0. The first kappa shape index (κ1) is 15.6. The highest BCUT2D eigenvalue weighted by Crippen LogP contribution is 2.27. The van der Waals surface area contributed by atoms with Gasteiger partial charge in [-0.25, -0.2) is 0 Å². The van der Waals surface area contributed by atoms with Crippen LogP contribution in [0.3, 0.4) is 0 Å². The molecule has 1 aliphatic heterocycles. The Bertz CT molecular complexity index is 439. The SMILES string of the molecule is CCC(C)N1CCN(c2ccc(C(C)N)c(Cl)c2)CC1. The van der Waals surface area contributed by atoms with Crippen LogP contribution < -0.4 is 10.6 Å². The molecule has 1 aromatic rings. The predicted molar refractivity (Wildman–Crippen MR) is 87.6 cm³/mol. The minimum Gasteiger partial charge on any atom is -0.369 e. The molecule has 0 radical (unpaired) electrons. The Hall–Kier alpha value is -0.770. The highest BCUT2D eigenvalue weighted by atomic mass is 35.5. The van der Waals surface area contributed by atoms with Crippen LogP contribution in [0.15, 0.2) is 18.2 Å². The molecule has 2 unspecified atom stereocenters. The van der Waals surface area contributed by atoms with Crippen molar-refractivity contribution in [3.05, 3.63) is 28.8 Å². The Kier molecular flexibility index (Phi) is 5.30. The van der Waals surface area contributed by atoms with Gasteiger partial charge in [0.25, 0.3) is 0 Å². The molecule has 1 aromatic carbocycles. The van der Waals surface area contributed by atoms with E-state index < -0.39 is 0 Å². The van der Waals surface area contributed by atoms with Crippen LogP contribution in [0.25, 0.3) is 0 Å². The van der Waals surface area contributed by atoms with Crippen molar-refractivity contribution < 1.29 is 0 Å². The van der Waals surface area contributed by atoms with E-state index in [0.717, 1.165) is 36.8 Å². The third-order valence-electron chi connectivity index (χ3n) is 4.37. The predicted octanol–water partition coefficient (Wildman–Crippen LogP) is 3.28. The van der Waals surface area contributed by atoms with Crippen LogP contribution >= 0.6 is 11.6 Å². The maximum Gasteiger partial charge on any atom is 0.0474 e. The van der Waals surface area contributed by atoms with E-state index in [-0.39, 0.29) is 6.04 Å². The van der Waals surface area contributed by atoms with Gasteiger partial charge in [0, 0.05) is 49.0 Å². The van der Waals surface area contributed by atoms with Gasteiger partial charge < -0.3 is 10.6 Å². The van der Waals surface area contributed by atoms with Crippen molar-refractivity contribution in [2.45, 2.75) is 39.3 Å². The van der Waals surface area contributed by atoms with Crippen LogP contribution in [0.2, 0.25) is 5.02 Å². The Morgan fingerprint density at radius 3 is 2.35 bits per heavy atom. The van der Waals surface area contributed by atoms with E-state index in [9.17, 15) is 0 Å². The topological polar surface area (TPSA) is 32.5 Å². The van der Waals surface area contributed by atoms with Gasteiger partial charge in [-0.3, -0.25) is 4.90 Å². The number of rotatable bonds is 4. The van der Waals surface area contributed by atoms with Gasteiger partial charge >= 0.3 is 0 Å². The van der Waals surface area contributed by atoms with Crippen LogP contribution in [-0.2, 0) is 0 Å². The van der Waals surface area contributed by atoms with Gasteiger partial charge in [-0.1, -0.05) is 24.6 Å². The number of piperazine rings is 1. The number of nitrogens with two attached hydrogens (primary N) is 1. The van der Waals surface area contributed by atoms with E-state index in [0.29, 0.717) is 6.04 Å². The van der Waals surface area contributed by atoms with Crippen molar-refractivity contribution >= 4 is 17.3 Å². The Morgan fingerprint density at radius 2 is 1.85 bits per heavy atom. The smallest absolute Gasteiger partial charge is 0.0474 e. The lowest BCUT2D eigenvalue weighted by Gasteiger charge is -2.39. The molecule has 112 valence electrons. The molecule has 0 aliphatic carbocycles. The first-order valence-corrected chi connectivity index (χ1v) is 7.94. The van der Waals surface area contributed by atoms with Gasteiger partial charge in [-0.05, 0) is 38.0 Å². The fourth-order valence-corrected chi connectivity index (χ4v) is 3.11. The summed E-state index contributed by atoms with van der Waals surface area (Å²) in [6, 6.07) is 6.92. The summed E-state index contributed by atoms with van der Waals surface area (Å²) >= 11 is 6.33. The Morgan fingerprint density at radius 1 is 1.20 bits per heavy atom. The van der Waals surface area contributed by atoms with Gasteiger partial charge in [0.05, 0.1) is 0 Å². The lowest BCUT2D eigenvalue weighted by atomic mass is 10.1. The molecule has 2 rings (SSSR count). The molecule has 4 heteroatoms. The fourth-order valence-electron chi connectivity index (χ4n) is 2.76. The quantitative estimate of drug-likeness (QED) is 0.925. The molecule has 0 spiro atoms. The van der Waals surface area contributed by atoms with Crippen molar-refractivity contribution in [1.29, 1.82) is 0 Å². The average molecular weight is 296 g/mol. The molecule has 2 atom stereocenters. The van der Waals surface area contributed by atoms with Gasteiger partial charge in [0.2, 0.25) is 0 Å². The molecule has 1 saturated heterocycles. The number of benzene rings is 1. The van der Waals surface area contributed by atoms with E-state index in [1.165, 1.54) is 12.1 Å². The van der Waals surface area contributed by atoms with Crippen molar-refractivity contribution in [1.82, 2.24) is 4.90 Å². The minimum atomic E-state index is -0.0150. The molecular formula is C16H26ClN3. The van der Waals surface area contributed by atoms with Crippen LogP contribution in [0.4, 0.5) is 5.69 Å². The molecule has 1 fully saturated rings. The monoisotopic (exact) mass is 295 g/mol. The van der Waals surface area contributed by atoms with Crippen LogP contribution in [-0.4, -0.2) is 37.1 Å². The number of anilines is 1. The molecule has 1 aliphatic rings. The summed E-state index contributed by atoms with van der Waals surface area (Å²) in [7, 11) is 0. The summed E-state index contributed by atoms with van der Waals surface area (Å²) in [6.07, 6.45) is 1.22. The van der Waals surface area contributed by atoms with Gasteiger partial charge in [0.1, 0.15) is 0 Å². The second-order valence-electron chi connectivity index (χ2n) is 5.77. The number of nitrogens with zero attached hydrogens (tertiary/aromatic N) is 2. The zero-order valence-corrected chi connectivity index (χ0v) is 13.5. The highest BCUT2D eigenvalue weighted by molar-refractivity contribution is 6.31. The maximum absolute atomic E-state index is 6.33. The molecule has 2 N–H and O–H groups in total. The van der Waals surface area contributed by atoms with E-state index in [4.69, 9.17) is 17.3 Å². The summed E-state index contributed by atoms with van der Waals surface area (Å²) in [5, 5.41) is 0.779. The van der Waals surface area contributed by atoms with Crippen LogP contribution in [0.1, 0.15) is 38.8 Å². The Labute approximate surface area is 127 Å². The molecule has 0 bridgehead atoms. The van der Waals surface area contributed by atoms with Gasteiger partial charge in [0.15, 0.2) is 0 Å². The van der Waals surface area contributed by atoms with Crippen molar-refractivity contribution in [2.75, 3.05) is 31.1 Å². The molecule has 3 nitrogen and oxygen atoms in total. The molecule has 1 heterocycles. The van der Waals surface area contributed by atoms with E-state index in [1.54, 1.807) is 0 Å². The van der Waals surface area contributed by atoms with Crippen LogP contribution in [0.5, 0.6) is 0 Å². The van der Waals surface area contributed by atoms with Gasteiger partial charge in [-0.2, -0.15) is 0 Å². The van der Waals surface area contributed by atoms with Crippen LogP contribution in [0, 0.1) is 0 Å². The largest absolute Gasteiger partial charge is 0.369 e. The minimum absolute atomic E-state index is 0.0150. The molecule has 0 saturated carbocycles. The third kappa shape index (κ3) is 3.46. The lowest BCUT2D eigenvalue weighted by molar-refractivity contribution is 0.193. The third-order valence-corrected chi connectivity index (χ3v) is 4.70. The summed E-state index contributed by atoms with van der Waals surface area (Å²) in [5.41, 5.74) is 8.14. The number of hydrogen-bond donors (Lipinski definition) is 1. The second-order valence-corrected chi connectivity index (χ2v) is 6.18. The zero-order chi connectivity index (χ0) is 14.7. The van der Waals surface area contributed by atoms with Gasteiger partial charge in [-0.15, -0.1) is 0 Å². The normalized spacial score (nSPS) is 19.9. The van der Waals surface area contributed by atoms with Crippen molar-refractivity contribution in [3.8, 4) is 0 Å². The zero-order valence-electron chi connectivity index (χ0n) is 12.8. The average Bonchev–Trinajstić information content (AvgIpc) is 2.46. The Balaban J connectivity index is 2.02. The molecule has 0 aromatic heterocycles. The van der Waals surface area contributed by atoms with Crippen molar-refractivity contribution in [3.63, 3.8) is 0 Å². The van der Waals surface area contributed by atoms with Crippen molar-refractivity contribution in [2.24, 2.45) is 5.73 Å². The molecule has 0 amide bonds. The summed E-state index contributed by atoms with van der Waals surface area (Å²) < 4.78 is 0. The molecular weight excluding hydrogens is 270 g/mol. The molecule has 20 heavy (non-hydrogen) atoms. The first-order chi connectivity index (χ1) is 9.52. The number of hydrogen-bond acceptors (Lipinski definition) is 3. The standard InChI is InChI=1S/C16H26ClN3/c1-4-12(2)19-7-9-20(10-8-19)14-5-6-15(13(3)18)16(17)11-14/h5-6,11-13H,4,7-10,18H2,1-3H3. The first-order valence-electron chi connectivity index (χ1n) is 7.57. The van der Waals surface area contributed by atoms with E-state index in [1.807, 2.05) is 6.92 Å². The highest BCUT2D eigenvalue weighted by Gasteiger charge is 2.20. The maximum atomic E-state index is 6.33. The summed E-state index contributed by atoms with van der Waals surface area (Å²) in [4.78, 5) is 4.98. The van der Waals surface area contributed by atoms with E-state index >= 15 is 0 Å². The fraction of sp³-hybridized carbons (Fsp3) is 0.625.